The summed E-state index contributed by atoms with van der Waals surface area (Å²) in [7, 11) is 0. The maximum Gasteiger partial charge on any atom is 0.238 e. The van der Waals surface area contributed by atoms with Crippen molar-refractivity contribution >= 4 is 54.8 Å². The largest absolute Gasteiger partial charge is 0.454 e. The molecule has 0 saturated carbocycles. The van der Waals surface area contributed by atoms with E-state index in [-0.39, 0.29) is 0 Å². The van der Waals surface area contributed by atoms with Gasteiger partial charge in [0.2, 0.25) is 5.95 Å². The second-order valence-electron chi connectivity index (χ2n) is 11.7. The highest BCUT2D eigenvalue weighted by Crippen LogP contribution is 2.40. The Labute approximate surface area is 268 Å². The lowest BCUT2D eigenvalue weighted by Gasteiger charge is -2.11. The molecule has 220 valence electrons. The van der Waals surface area contributed by atoms with E-state index in [0.717, 1.165) is 60.8 Å². The summed E-state index contributed by atoms with van der Waals surface area (Å²) >= 11 is 0. The van der Waals surface area contributed by atoms with Crippen LogP contribution in [0.4, 0.5) is 0 Å². The lowest BCUT2D eigenvalue weighted by molar-refractivity contribution is 0.672. The van der Waals surface area contributed by atoms with Crippen molar-refractivity contribution in [1.29, 1.82) is 0 Å². The number of para-hydroxylation sites is 3. The van der Waals surface area contributed by atoms with Gasteiger partial charge in [0.15, 0.2) is 17.2 Å². The van der Waals surface area contributed by atoms with Crippen molar-refractivity contribution in [1.82, 2.24) is 24.1 Å². The zero-order valence-corrected chi connectivity index (χ0v) is 25.1. The van der Waals surface area contributed by atoms with E-state index in [1.807, 2.05) is 72.8 Å². The minimum Gasteiger partial charge on any atom is -0.454 e. The second kappa shape index (κ2) is 9.99. The number of hydrogen-bond donors (Lipinski definition) is 0. The van der Waals surface area contributed by atoms with Gasteiger partial charge in [-0.15, -0.1) is 0 Å². The molecule has 0 aliphatic carbocycles. The van der Waals surface area contributed by atoms with Crippen molar-refractivity contribution in [2.75, 3.05) is 0 Å². The summed E-state index contributed by atoms with van der Waals surface area (Å²) in [5, 5.41) is 4.44. The smallest absolute Gasteiger partial charge is 0.238 e. The van der Waals surface area contributed by atoms with E-state index < -0.39 is 0 Å². The lowest BCUT2D eigenvalue weighted by atomic mass is 10.2. The molecule has 0 radical (unpaired) electrons. The van der Waals surface area contributed by atoms with Crippen LogP contribution in [0.1, 0.15) is 0 Å². The van der Waals surface area contributed by atoms with Gasteiger partial charge < -0.3 is 8.98 Å². The molecular formula is C41H25N5O. The SMILES string of the molecule is c1ccc(-c2nc(-c3ccccc3)nc(-n3c4ccccc4c4oc5cc(-n6c7ccccc7c7ccccc76)ccc5c43)n2)cc1. The van der Waals surface area contributed by atoms with Crippen LogP contribution in [0.25, 0.3) is 89.2 Å². The van der Waals surface area contributed by atoms with Crippen molar-refractivity contribution < 1.29 is 4.42 Å². The molecule has 0 spiro atoms. The first-order chi connectivity index (χ1) is 23.3. The molecule has 10 rings (SSSR count). The number of hydrogen-bond acceptors (Lipinski definition) is 4. The normalized spacial score (nSPS) is 11.8. The van der Waals surface area contributed by atoms with E-state index in [1.165, 1.54) is 10.8 Å². The molecule has 6 heteroatoms. The number of rotatable bonds is 4. The Hall–Kier alpha value is -6.53. The summed E-state index contributed by atoms with van der Waals surface area (Å²) in [6.45, 7) is 0. The van der Waals surface area contributed by atoms with Gasteiger partial charge in [-0.1, -0.05) is 109 Å². The van der Waals surface area contributed by atoms with E-state index in [9.17, 15) is 0 Å². The Morgan fingerprint density at radius 3 is 1.53 bits per heavy atom. The molecule has 0 bridgehead atoms. The standard InChI is InChI=1S/C41H25N5O/c1-3-13-26(14-4-1)39-42-40(27-15-5-2-6-16-27)44-41(43-39)46-35-22-12-9-19-31(35)38-37(46)32-24-23-28(25-36(32)47-38)45-33-20-10-7-17-29(33)30-18-8-11-21-34(30)45/h1-25H. The Balaban J connectivity index is 1.25. The third kappa shape index (κ3) is 3.88. The van der Waals surface area contributed by atoms with E-state index in [1.54, 1.807) is 0 Å². The van der Waals surface area contributed by atoms with Crippen LogP contribution in [-0.2, 0) is 0 Å². The number of aromatic nitrogens is 5. The van der Waals surface area contributed by atoms with E-state index in [4.69, 9.17) is 19.4 Å². The van der Waals surface area contributed by atoms with E-state index >= 15 is 0 Å². The highest BCUT2D eigenvalue weighted by molar-refractivity contribution is 6.17. The highest BCUT2D eigenvalue weighted by Gasteiger charge is 2.23. The molecule has 4 aromatic heterocycles. The monoisotopic (exact) mass is 603 g/mol. The van der Waals surface area contributed by atoms with Crippen LogP contribution in [0.3, 0.4) is 0 Å². The van der Waals surface area contributed by atoms with Crippen LogP contribution in [-0.4, -0.2) is 24.1 Å². The maximum absolute atomic E-state index is 6.76. The quantitative estimate of drug-likeness (QED) is 0.201. The Morgan fingerprint density at radius 1 is 0.426 bits per heavy atom. The molecule has 0 fully saturated rings. The minimum absolute atomic E-state index is 0.540. The number of nitrogens with zero attached hydrogens (tertiary/aromatic N) is 5. The van der Waals surface area contributed by atoms with Crippen LogP contribution < -0.4 is 0 Å². The summed E-state index contributed by atoms with van der Waals surface area (Å²) in [4.78, 5) is 15.1. The predicted molar refractivity (Wildman–Crippen MR) is 189 cm³/mol. The first-order valence-corrected chi connectivity index (χ1v) is 15.6. The first-order valence-electron chi connectivity index (χ1n) is 15.6. The zero-order chi connectivity index (χ0) is 30.9. The average molecular weight is 604 g/mol. The van der Waals surface area contributed by atoms with Crippen LogP contribution in [0.2, 0.25) is 0 Å². The summed E-state index contributed by atoms with van der Waals surface area (Å²) in [6, 6.07) is 52.0. The summed E-state index contributed by atoms with van der Waals surface area (Å²) < 4.78 is 11.2. The fraction of sp³-hybridized carbons (Fsp3) is 0. The summed E-state index contributed by atoms with van der Waals surface area (Å²) in [5.41, 5.74) is 8.71. The average Bonchev–Trinajstić information content (AvgIpc) is 3.79. The van der Waals surface area contributed by atoms with Crippen LogP contribution >= 0.6 is 0 Å². The van der Waals surface area contributed by atoms with Gasteiger partial charge in [0, 0.05) is 44.4 Å². The molecule has 0 saturated heterocycles. The van der Waals surface area contributed by atoms with Crippen molar-refractivity contribution in [3.8, 4) is 34.4 Å². The molecule has 6 aromatic carbocycles. The van der Waals surface area contributed by atoms with Gasteiger partial charge in [-0.3, -0.25) is 4.57 Å². The Bertz CT molecular complexity index is 2680. The van der Waals surface area contributed by atoms with Gasteiger partial charge in [-0.25, -0.2) is 4.98 Å². The van der Waals surface area contributed by atoms with Crippen LogP contribution in [0.5, 0.6) is 0 Å². The summed E-state index contributed by atoms with van der Waals surface area (Å²) in [6.07, 6.45) is 0. The minimum atomic E-state index is 0.540. The van der Waals surface area contributed by atoms with Crippen molar-refractivity contribution in [2.24, 2.45) is 0 Å². The number of furan rings is 1. The number of benzene rings is 6. The molecule has 0 atom stereocenters. The second-order valence-corrected chi connectivity index (χ2v) is 11.7. The third-order valence-corrected chi connectivity index (χ3v) is 8.99. The molecular weight excluding hydrogens is 578 g/mol. The van der Waals surface area contributed by atoms with E-state index in [2.05, 4.69) is 88.0 Å². The summed E-state index contributed by atoms with van der Waals surface area (Å²) in [5.74, 6) is 1.77. The van der Waals surface area contributed by atoms with Crippen LogP contribution in [0, 0.1) is 0 Å². The molecule has 47 heavy (non-hydrogen) atoms. The molecule has 10 aromatic rings. The molecule has 0 amide bonds. The highest BCUT2D eigenvalue weighted by atomic mass is 16.3. The van der Waals surface area contributed by atoms with Gasteiger partial charge in [-0.2, -0.15) is 9.97 Å². The topological polar surface area (TPSA) is 61.7 Å². The van der Waals surface area contributed by atoms with Gasteiger partial charge in [-0.05, 0) is 36.4 Å². The lowest BCUT2D eigenvalue weighted by Crippen LogP contribution is -2.06. The van der Waals surface area contributed by atoms with Gasteiger partial charge in [0.25, 0.3) is 0 Å². The Morgan fingerprint density at radius 2 is 0.936 bits per heavy atom. The van der Waals surface area contributed by atoms with Crippen molar-refractivity contribution in [3.63, 3.8) is 0 Å². The van der Waals surface area contributed by atoms with Gasteiger partial charge >= 0.3 is 0 Å². The molecule has 6 nitrogen and oxygen atoms in total. The zero-order valence-electron chi connectivity index (χ0n) is 25.1. The predicted octanol–water partition coefficient (Wildman–Crippen LogP) is 10.1. The Kier molecular flexibility index (Phi) is 5.48. The van der Waals surface area contributed by atoms with Gasteiger partial charge in [0.05, 0.1) is 16.6 Å². The fourth-order valence-electron chi connectivity index (χ4n) is 6.90. The molecule has 0 aliphatic heterocycles. The van der Waals surface area contributed by atoms with Crippen molar-refractivity contribution in [2.45, 2.75) is 0 Å². The molecule has 0 N–H and O–H groups in total. The van der Waals surface area contributed by atoms with Gasteiger partial charge in [0.1, 0.15) is 11.1 Å². The fourth-order valence-corrected chi connectivity index (χ4v) is 6.90. The number of fused-ring (bicyclic) bond motifs is 8. The molecule has 4 heterocycles. The van der Waals surface area contributed by atoms with E-state index in [0.29, 0.717) is 17.6 Å². The van der Waals surface area contributed by atoms with Crippen molar-refractivity contribution in [3.05, 3.63) is 152 Å². The molecule has 0 unspecified atom stereocenters. The third-order valence-electron chi connectivity index (χ3n) is 8.99. The first kappa shape index (κ1) is 25.8. The van der Waals surface area contributed by atoms with Crippen LogP contribution in [0.15, 0.2) is 156 Å². The maximum atomic E-state index is 6.76. The molecule has 0 aliphatic rings.